The van der Waals surface area contributed by atoms with Crippen molar-refractivity contribution in [1.29, 1.82) is 0 Å². The Kier molecular flexibility index (Phi) is 7.24. The second kappa shape index (κ2) is 10.1. The molecule has 8 nitrogen and oxygen atoms in total. The number of hydrogen-bond donors (Lipinski definition) is 1. The maximum atomic E-state index is 13.1. The van der Waals surface area contributed by atoms with Crippen molar-refractivity contribution < 1.29 is 4.74 Å². The van der Waals surface area contributed by atoms with E-state index in [-0.39, 0.29) is 17.5 Å². The standard InChI is InChI=1S/C25H36N6O2/c1-16(2)23(24-27-28-29-31(24)10-11-33-5)30(21-8-6-7-9-21)15-20-14-19-12-17(3)18(4)13-22(19)26-25(20)32/h12-14,16,21,23H,6-11,15H2,1-5H3,(H,26,32). The number of ether oxygens (including phenoxy) is 1. The van der Waals surface area contributed by atoms with E-state index in [1.165, 1.54) is 24.0 Å². The fourth-order valence-corrected chi connectivity index (χ4v) is 5.12. The third-order valence-corrected chi connectivity index (χ3v) is 7.00. The number of hydrogen-bond acceptors (Lipinski definition) is 6. The van der Waals surface area contributed by atoms with Gasteiger partial charge in [0.05, 0.1) is 19.2 Å². The lowest BCUT2D eigenvalue weighted by Gasteiger charge is -2.38. The van der Waals surface area contributed by atoms with Crippen LogP contribution >= 0.6 is 0 Å². The van der Waals surface area contributed by atoms with Gasteiger partial charge in [-0.05, 0) is 77.7 Å². The van der Waals surface area contributed by atoms with Crippen molar-refractivity contribution in [3.8, 4) is 0 Å². The van der Waals surface area contributed by atoms with Crippen LogP contribution in [0.15, 0.2) is 23.0 Å². The van der Waals surface area contributed by atoms with Crippen LogP contribution in [0.5, 0.6) is 0 Å². The highest BCUT2D eigenvalue weighted by atomic mass is 16.5. The topological polar surface area (TPSA) is 88.9 Å². The quantitative estimate of drug-likeness (QED) is 0.529. The molecule has 8 heteroatoms. The van der Waals surface area contributed by atoms with E-state index in [1.807, 2.05) is 4.68 Å². The number of H-pyrrole nitrogens is 1. The fraction of sp³-hybridized carbons (Fsp3) is 0.600. The predicted octanol–water partition coefficient (Wildman–Crippen LogP) is 3.92. The summed E-state index contributed by atoms with van der Waals surface area (Å²) in [6, 6.07) is 6.70. The third-order valence-electron chi connectivity index (χ3n) is 7.00. The van der Waals surface area contributed by atoms with Crippen molar-refractivity contribution in [3.63, 3.8) is 0 Å². The maximum Gasteiger partial charge on any atom is 0.252 e. The molecule has 1 unspecified atom stereocenters. The van der Waals surface area contributed by atoms with E-state index in [2.05, 4.69) is 71.3 Å². The summed E-state index contributed by atoms with van der Waals surface area (Å²) in [7, 11) is 1.68. The Balaban J connectivity index is 1.74. The number of tetrazole rings is 1. The van der Waals surface area contributed by atoms with Crippen molar-refractivity contribution in [2.75, 3.05) is 13.7 Å². The Morgan fingerprint density at radius 3 is 2.61 bits per heavy atom. The van der Waals surface area contributed by atoms with Crippen molar-refractivity contribution >= 4 is 10.9 Å². The molecule has 4 rings (SSSR count). The minimum Gasteiger partial charge on any atom is -0.383 e. The van der Waals surface area contributed by atoms with Gasteiger partial charge in [0.2, 0.25) is 0 Å². The zero-order valence-corrected chi connectivity index (χ0v) is 20.5. The lowest BCUT2D eigenvalue weighted by Crippen LogP contribution is -2.41. The van der Waals surface area contributed by atoms with Gasteiger partial charge in [-0.15, -0.1) is 5.10 Å². The molecule has 0 bridgehead atoms. The van der Waals surface area contributed by atoms with E-state index in [1.54, 1.807) is 7.11 Å². The Morgan fingerprint density at radius 1 is 1.18 bits per heavy atom. The molecule has 1 aromatic carbocycles. The number of rotatable bonds is 9. The minimum absolute atomic E-state index is 0.00908. The summed E-state index contributed by atoms with van der Waals surface area (Å²) < 4.78 is 7.12. The zero-order valence-electron chi connectivity index (χ0n) is 20.5. The second-order valence-corrected chi connectivity index (χ2v) is 9.70. The smallest absolute Gasteiger partial charge is 0.252 e. The van der Waals surface area contributed by atoms with Crippen LogP contribution in [0.4, 0.5) is 0 Å². The Hall–Kier alpha value is -2.58. The lowest BCUT2D eigenvalue weighted by atomic mass is 9.97. The number of nitrogens with one attached hydrogen (secondary N) is 1. The van der Waals surface area contributed by atoms with Gasteiger partial charge in [-0.3, -0.25) is 9.69 Å². The van der Waals surface area contributed by atoms with Gasteiger partial charge in [0.1, 0.15) is 0 Å². The molecular weight excluding hydrogens is 416 g/mol. The minimum atomic E-state index is -0.0183. The molecule has 1 fully saturated rings. The number of pyridine rings is 1. The van der Waals surface area contributed by atoms with Gasteiger partial charge in [0, 0.05) is 30.8 Å². The number of nitrogens with zero attached hydrogens (tertiary/aromatic N) is 5. The summed E-state index contributed by atoms with van der Waals surface area (Å²) >= 11 is 0. The molecule has 1 aliphatic rings. The molecule has 0 amide bonds. The number of aromatic amines is 1. The zero-order chi connectivity index (χ0) is 23.5. The largest absolute Gasteiger partial charge is 0.383 e. The molecule has 2 heterocycles. The van der Waals surface area contributed by atoms with Gasteiger partial charge in [-0.2, -0.15) is 0 Å². The van der Waals surface area contributed by atoms with Crippen LogP contribution in [0.3, 0.4) is 0 Å². The average Bonchev–Trinajstić information content (AvgIpc) is 3.46. The van der Waals surface area contributed by atoms with E-state index in [0.717, 1.165) is 35.1 Å². The lowest BCUT2D eigenvalue weighted by molar-refractivity contribution is 0.0822. The van der Waals surface area contributed by atoms with Crippen LogP contribution in [0, 0.1) is 19.8 Å². The van der Waals surface area contributed by atoms with Gasteiger partial charge in [0.15, 0.2) is 5.82 Å². The van der Waals surface area contributed by atoms with Crippen LogP contribution < -0.4 is 5.56 Å². The highest BCUT2D eigenvalue weighted by Gasteiger charge is 2.35. The molecule has 0 aliphatic heterocycles. The van der Waals surface area contributed by atoms with E-state index >= 15 is 0 Å². The summed E-state index contributed by atoms with van der Waals surface area (Å²) in [5, 5.41) is 13.7. The molecule has 33 heavy (non-hydrogen) atoms. The van der Waals surface area contributed by atoms with Crippen LogP contribution in [-0.2, 0) is 17.8 Å². The summed E-state index contributed by atoms with van der Waals surface area (Å²) in [6.45, 7) is 10.3. The summed E-state index contributed by atoms with van der Waals surface area (Å²) in [5.74, 6) is 1.12. The first-order chi connectivity index (χ1) is 15.9. The Labute approximate surface area is 195 Å². The first-order valence-corrected chi connectivity index (χ1v) is 12.0. The molecule has 1 N–H and O–H groups in total. The predicted molar refractivity (Wildman–Crippen MR) is 129 cm³/mol. The maximum absolute atomic E-state index is 13.1. The van der Waals surface area contributed by atoms with Crippen LogP contribution in [0.25, 0.3) is 10.9 Å². The van der Waals surface area contributed by atoms with Crippen LogP contribution in [-0.4, -0.2) is 49.8 Å². The fourth-order valence-electron chi connectivity index (χ4n) is 5.12. The van der Waals surface area contributed by atoms with Crippen molar-refractivity contribution in [2.24, 2.45) is 5.92 Å². The molecule has 0 radical (unpaired) electrons. The average molecular weight is 453 g/mol. The van der Waals surface area contributed by atoms with Gasteiger partial charge in [-0.1, -0.05) is 26.7 Å². The van der Waals surface area contributed by atoms with E-state index in [9.17, 15) is 4.79 Å². The number of aryl methyl sites for hydroxylation is 2. The number of benzene rings is 1. The van der Waals surface area contributed by atoms with Crippen LogP contribution in [0.1, 0.15) is 68.1 Å². The molecule has 1 saturated carbocycles. The van der Waals surface area contributed by atoms with Gasteiger partial charge >= 0.3 is 0 Å². The summed E-state index contributed by atoms with van der Waals surface area (Å²) in [5.41, 5.74) is 4.07. The molecule has 1 atom stereocenters. The highest BCUT2D eigenvalue weighted by molar-refractivity contribution is 5.80. The summed E-state index contributed by atoms with van der Waals surface area (Å²) in [4.78, 5) is 18.7. The molecule has 0 saturated heterocycles. The summed E-state index contributed by atoms with van der Waals surface area (Å²) in [6.07, 6.45) is 4.69. The first-order valence-electron chi connectivity index (χ1n) is 12.0. The monoisotopic (exact) mass is 452 g/mol. The number of aromatic nitrogens is 5. The van der Waals surface area contributed by atoms with E-state index < -0.39 is 0 Å². The van der Waals surface area contributed by atoms with Crippen LogP contribution in [0.2, 0.25) is 0 Å². The number of fused-ring (bicyclic) bond motifs is 1. The molecule has 1 aliphatic carbocycles. The van der Waals surface area contributed by atoms with Gasteiger partial charge < -0.3 is 9.72 Å². The van der Waals surface area contributed by atoms with Crippen molar-refractivity contribution in [3.05, 3.63) is 51.1 Å². The second-order valence-electron chi connectivity index (χ2n) is 9.70. The third kappa shape index (κ3) is 5.01. The number of methoxy groups -OCH3 is 1. The first kappa shape index (κ1) is 23.6. The van der Waals surface area contributed by atoms with E-state index in [0.29, 0.717) is 25.7 Å². The Bertz CT molecular complexity index is 1150. The normalized spacial score (nSPS) is 15.8. The molecule has 3 aromatic rings. The van der Waals surface area contributed by atoms with Crippen molar-refractivity contribution in [1.82, 2.24) is 30.1 Å². The molecule has 178 valence electrons. The molecule has 2 aromatic heterocycles. The SMILES string of the molecule is COCCn1nnnc1C(C(C)C)N(Cc1cc2cc(C)c(C)cc2[nH]c1=O)C1CCCC1. The van der Waals surface area contributed by atoms with Gasteiger partial charge in [0.25, 0.3) is 5.56 Å². The van der Waals surface area contributed by atoms with E-state index in [4.69, 9.17) is 4.74 Å². The molecular formula is C25H36N6O2. The highest BCUT2D eigenvalue weighted by Crippen LogP contribution is 2.36. The molecule has 0 spiro atoms. The Morgan fingerprint density at radius 2 is 1.91 bits per heavy atom. The van der Waals surface area contributed by atoms with Gasteiger partial charge in [-0.25, -0.2) is 4.68 Å². The van der Waals surface area contributed by atoms with Crippen molar-refractivity contribution in [2.45, 2.75) is 78.6 Å².